The molecule has 5 rings (SSSR count). The van der Waals surface area contributed by atoms with Crippen molar-refractivity contribution >= 4 is 43.2 Å². The molecule has 2 heterocycles. The molecule has 0 bridgehead atoms. The fourth-order valence-electron chi connectivity index (χ4n) is 3.51. The van der Waals surface area contributed by atoms with E-state index in [-0.39, 0.29) is 0 Å². The van der Waals surface area contributed by atoms with Crippen LogP contribution < -0.4 is 0 Å². The Balaban J connectivity index is 2.31. The van der Waals surface area contributed by atoms with Crippen molar-refractivity contribution in [1.29, 1.82) is 0 Å². The fourth-order valence-corrected chi connectivity index (χ4v) is 3.51. The Labute approximate surface area is 121 Å². The first-order valence-corrected chi connectivity index (χ1v) is 7.10. The average Bonchev–Trinajstić information content (AvgIpc) is 2.53. The molecule has 0 N–H and O–H groups in total. The molecule has 0 spiro atoms. The zero-order valence-corrected chi connectivity index (χ0v) is 11.6. The summed E-state index contributed by atoms with van der Waals surface area (Å²) in [5, 5.41) is 8.70. The van der Waals surface area contributed by atoms with Crippen LogP contribution in [-0.2, 0) is 0 Å². The van der Waals surface area contributed by atoms with Crippen molar-refractivity contribution in [3.8, 4) is 0 Å². The van der Waals surface area contributed by atoms with Crippen LogP contribution >= 0.6 is 0 Å². The Hall–Kier alpha value is -2.74. The van der Waals surface area contributed by atoms with Gasteiger partial charge in [-0.15, -0.1) is 0 Å². The Morgan fingerprint density at radius 2 is 1.67 bits per heavy atom. The average molecular weight is 268 g/mol. The van der Waals surface area contributed by atoms with Crippen LogP contribution in [-0.4, -0.2) is 9.97 Å². The van der Waals surface area contributed by atoms with Crippen molar-refractivity contribution in [2.24, 2.45) is 0 Å². The van der Waals surface area contributed by atoms with Gasteiger partial charge >= 0.3 is 0 Å². The van der Waals surface area contributed by atoms with Gasteiger partial charge in [-0.25, -0.2) is 0 Å². The van der Waals surface area contributed by atoms with E-state index in [0.29, 0.717) is 0 Å². The number of rotatable bonds is 0. The van der Waals surface area contributed by atoms with Gasteiger partial charge in [0.25, 0.3) is 0 Å². The lowest BCUT2D eigenvalue weighted by molar-refractivity contribution is 1.38. The topological polar surface area (TPSA) is 25.8 Å². The zero-order valence-electron chi connectivity index (χ0n) is 11.6. The summed E-state index contributed by atoms with van der Waals surface area (Å²) in [6, 6.07) is 13.0. The number of benzene rings is 3. The largest absolute Gasteiger partial charge is 0.263 e. The van der Waals surface area contributed by atoms with E-state index in [2.05, 4.69) is 47.2 Å². The van der Waals surface area contributed by atoms with Crippen LogP contribution in [0, 0.1) is 6.92 Å². The Morgan fingerprint density at radius 3 is 2.62 bits per heavy atom. The lowest BCUT2D eigenvalue weighted by atomic mass is 9.91. The van der Waals surface area contributed by atoms with Crippen LogP contribution in [0.3, 0.4) is 0 Å². The van der Waals surface area contributed by atoms with E-state index in [1.807, 2.05) is 24.7 Å². The molecule has 0 saturated carbocycles. The molecule has 3 aromatic carbocycles. The normalized spacial score (nSPS) is 12.0. The third-order valence-corrected chi connectivity index (χ3v) is 4.33. The first-order chi connectivity index (χ1) is 10.3. The Bertz CT molecular complexity index is 1140. The summed E-state index contributed by atoms with van der Waals surface area (Å²) in [6.07, 6.45) is 5.78. The van der Waals surface area contributed by atoms with Gasteiger partial charge in [-0.1, -0.05) is 24.3 Å². The monoisotopic (exact) mass is 268 g/mol. The minimum Gasteiger partial charge on any atom is -0.263 e. The zero-order chi connectivity index (χ0) is 14.0. The maximum Gasteiger partial charge on any atom is 0.0787 e. The van der Waals surface area contributed by atoms with Gasteiger partial charge in [0.1, 0.15) is 0 Å². The van der Waals surface area contributed by atoms with Gasteiger partial charge in [0.2, 0.25) is 0 Å². The van der Waals surface area contributed by atoms with Crippen molar-refractivity contribution in [3.05, 3.63) is 60.6 Å². The number of aryl methyl sites for hydroxylation is 1. The summed E-state index contributed by atoms with van der Waals surface area (Å²) >= 11 is 0. The molecule has 0 aliphatic carbocycles. The first kappa shape index (κ1) is 11.0. The van der Waals surface area contributed by atoms with E-state index in [0.717, 1.165) is 5.52 Å². The predicted molar refractivity (Wildman–Crippen MR) is 88.0 cm³/mol. The third-order valence-electron chi connectivity index (χ3n) is 4.33. The van der Waals surface area contributed by atoms with Crippen LogP contribution in [0.25, 0.3) is 43.2 Å². The van der Waals surface area contributed by atoms with Gasteiger partial charge in [0.15, 0.2) is 0 Å². The number of hydrogen-bond acceptors (Lipinski definition) is 2. The van der Waals surface area contributed by atoms with E-state index in [1.165, 1.54) is 43.3 Å². The molecule has 0 unspecified atom stereocenters. The Kier molecular flexibility index (Phi) is 1.92. The molecule has 0 aliphatic rings. The number of aromatic nitrogens is 2. The molecule has 0 saturated heterocycles. The smallest absolute Gasteiger partial charge is 0.0787 e. The number of pyridine rings is 2. The molecule has 0 fully saturated rings. The van der Waals surface area contributed by atoms with Gasteiger partial charge < -0.3 is 0 Å². The maximum absolute atomic E-state index is 4.64. The van der Waals surface area contributed by atoms with E-state index < -0.39 is 0 Å². The van der Waals surface area contributed by atoms with Crippen molar-refractivity contribution in [2.75, 3.05) is 0 Å². The fraction of sp³-hybridized carbons (Fsp3) is 0.0526. The van der Waals surface area contributed by atoms with Gasteiger partial charge in [0.05, 0.1) is 5.52 Å². The van der Waals surface area contributed by atoms with Gasteiger partial charge in [-0.2, -0.15) is 0 Å². The number of hydrogen-bond donors (Lipinski definition) is 0. The molecule has 2 nitrogen and oxygen atoms in total. The molecule has 0 aliphatic heterocycles. The summed E-state index contributed by atoms with van der Waals surface area (Å²) in [5.41, 5.74) is 2.34. The molecule has 0 radical (unpaired) electrons. The van der Waals surface area contributed by atoms with Gasteiger partial charge in [-0.3, -0.25) is 9.97 Å². The number of fused-ring (bicyclic) bond motifs is 3. The molecule has 21 heavy (non-hydrogen) atoms. The molecular formula is C19H12N2. The minimum atomic E-state index is 1.07. The third kappa shape index (κ3) is 1.32. The van der Waals surface area contributed by atoms with Crippen LogP contribution in [0.15, 0.2) is 55.0 Å². The van der Waals surface area contributed by atoms with Crippen LogP contribution in [0.2, 0.25) is 0 Å². The second kappa shape index (κ2) is 3.67. The highest BCUT2D eigenvalue weighted by molar-refractivity contribution is 6.32. The van der Waals surface area contributed by atoms with Gasteiger partial charge in [-0.05, 0) is 35.4 Å². The Morgan fingerprint density at radius 1 is 0.810 bits per heavy atom. The second-order valence-electron chi connectivity index (χ2n) is 5.66. The highest BCUT2D eigenvalue weighted by Crippen LogP contribution is 2.39. The van der Waals surface area contributed by atoms with Crippen molar-refractivity contribution in [2.45, 2.75) is 6.92 Å². The van der Waals surface area contributed by atoms with E-state index in [4.69, 9.17) is 0 Å². The summed E-state index contributed by atoms with van der Waals surface area (Å²) < 4.78 is 0. The second-order valence-corrected chi connectivity index (χ2v) is 5.66. The van der Waals surface area contributed by atoms with Crippen molar-refractivity contribution in [3.63, 3.8) is 0 Å². The quantitative estimate of drug-likeness (QED) is 0.297. The molecule has 2 aromatic heterocycles. The standard InChI is InChI=1S/C19H12N2/c1-11-7-12-4-5-13-9-20-10-16-14-3-2-6-21-19(14)15(8-11)17(12)18(13)16/h2-10H,1H3. The lowest BCUT2D eigenvalue weighted by Crippen LogP contribution is -1.90. The summed E-state index contributed by atoms with van der Waals surface area (Å²) in [7, 11) is 0. The minimum absolute atomic E-state index is 1.07. The molecule has 98 valence electrons. The summed E-state index contributed by atoms with van der Waals surface area (Å²) in [5.74, 6) is 0. The first-order valence-electron chi connectivity index (χ1n) is 7.10. The highest BCUT2D eigenvalue weighted by atomic mass is 14.7. The summed E-state index contributed by atoms with van der Waals surface area (Å²) in [4.78, 5) is 9.05. The molecule has 5 aromatic rings. The maximum atomic E-state index is 4.64. The highest BCUT2D eigenvalue weighted by Gasteiger charge is 2.14. The molecule has 0 atom stereocenters. The molecular weight excluding hydrogens is 256 g/mol. The lowest BCUT2D eigenvalue weighted by Gasteiger charge is -2.14. The van der Waals surface area contributed by atoms with Crippen molar-refractivity contribution in [1.82, 2.24) is 9.97 Å². The van der Waals surface area contributed by atoms with Crippen LogP contribution in [0.5, 0.6) is 0 Å². The van der Waals surface area contributed by atoms with Crippen LogP contribution in [0.4, 0.5) is 0 Å². The molecule has 0 amide bonds. The number of nitrogens with zero attached hydrogens (tertiary/aromatic N) is 2. The van der Waals surface area contributed by atoms with E-state index in [1.54, 1.807) is 0 Å². The molecule has 2 heteroatoms. The van der Waals surface area contributed by atoms with Crippen LogP contribution in [0.1, 0.15) is 5.56 Å². The summed E-state index contributed by atoms with van der Waals surface area (Å²) in [6.45, 7) is 2.14. The SMILES string of the molecule is Cc1cc2ccc3cncc4c5cccnc5c(c1)c2c34. The van der Waals surface area contributed by atoms with E-state index >= 15 is 0 Å². The van der Waals surface area contributed by atoms with Gasteiger partial charge in [0, 0.05) is 45.5 Å². The van der Waals surface area contributed by atoms with E-state index in [9.17, 15) is 0 Å². The predicted octanol–water partition coefficient (Wildman–Crippen LogP) is 4.84. The van der Waals surface area contributed by atoms with Crippen molar-refractivity contribution < 1.29 is 0 Å².